The molecule has 0 saturated carbocycles. The van der Waals surface area contributed by atoms with Crippen LogP contribution in [0.5, 0.6) is 0 Å². The van der Waals surface area contributed by atoms with Crippen molar-refractivity contribution in [3.8, 4) is 0 Å². The van der Waals surface area contributed by atoms with Crippen LogP contribution < -0.4 is 15.9 Å². The Hall–Kier alpha value is -1.56. The maximum Gasteiger partial charge on any atom is 0.238 e. The van der Waals surface area contributed by atoms with Crippen LogP contribution >= 0.6 is 0 Å². The Morgan fingerprint density at radius 2 is 2.30 bits per heavy atom. The van der Waals surface area contributed by atoms with Gasteiger partial charge in [0, 0.05) is 0 Å². The lowest BCUT2D eigenvalue weighted by Crippen LogP contribution is -2.33. The van der Waals surface area contributed by atoms with E-state index in [0.29, 0.717) is 0 Å². The van der Waals surface area contributed by atoms with Crippen molar-refractivity contribution in [3.05, 3.63) is 22.8 Å². The average molecular weight is 141 g/mol. The molecule has 1 aromatic heterocycles. The summed E-state index contributed by atoms with van der Waals surface area (Å²) in [7, 11) is 0. The topological polar surface area (TPSA) is 101 Å². The lowest BCUT2D eigenvalue weighted by Gasteiger charge is -2.13. The monoisotopic (exact) mass is 141 g/mol. The zero-order chi connectivity index (χ0) is 7.56. The molecule has 0 aromatic carbocycles. The van der Waals surface area contributed by atoms with Crippen LogP contribution in [0.2, 0.25) is 0 Å². The highest BCUT2D eigenvalue weighted by molar-refractivity contribution is 5.29. The molecule has 0 radical (unpaired) electrons. The van der Waals surface area contributed by atoms with Gasteiger partial charge < -0.3 is 21.6 Å². The van der Waals surface area contributed by atoms with Crippen molar-refractivity contribution in [3.63, 3.8) is 0 Å². The molecular formula is C4H5N4O2-. The van der Waals surface area contributed by atoms with Gasteiger partial charge in [-0.05, 0) is 0 Å². The molecule has 1 aromatic rings. The second-order valence-corrected chi connectivity index (χ2v) is 1.61. The van der Waals surface area contributed by atoms with Crippen molar-refractivity contribution in [1.29, 1.82) is 0 Å². The molecule has 0 atom stereocenters. The van der Waals surface area contributed by atoms with Crippen LogP contribution in [0.3, 0.4) is 0 Å². The van der Waals surface area contributed by atoms with Crippen LogP contribution in [0.25, 0.3) is 0 Å². The molecule has 10 heavy (non-hydrogen) atoms. The first kappa shape index (κ1) is 6.56. The Kier molecular flexibility index (Phi) is 1.55. The van der Waals surface area contributed by atoms with E-state index in [-0.39, 0.29) is 16.4 Å². The fourth-order valence-electron chi connectivity index (χ4n) is 0.496. The molecule has 0 saturated heterocycles. The predicted octanol–water partition coefficient (Wildman–Crippen LogP) is -0.793. The lowest BCUT2D eigenvalue weighted by atomic mass is 10.6. The number of anilines is 2. The average Bonchev–Trinajstić information content (AvgIpc) is 1.95. The Bertz CT molecular complexity index is 239. The highest BCUT2D eigenvalue weighted by Crippen LogP contribution is 1.97. The number of nitrogen functional groups attached to an aromatic ring is 1. The van der Waals surface area contributed by atoms with Gasteiger partial charge in [-0.25, -0.2) is 4.73 Å². The lowest BCUT2D eigenvalue weighted by molar-refractivity contribution is -0.574. The summed E-state index contributed by atoms with van der Waals surface area (Å²) in [5.41, 5.74) is 6.50. The minimum atomic E-state index is -0.208. The van der Waals surface area contributed by atoms with E-state index in [1.54, 1.807) is 0 Å². The SMILES string of the molecule is Nc1cncc(N[O-])[n+]1[O-]. The van der Waals surface area contributed by atoms with Gasteiger partial charge >= 0.3 is 0 Å². The normalized spacial score (nSPS) is 9.30. The van der Waals surface area contributed by atoms with E-state index in [0.717, 1.165) is 12.4 Å². The predicted molar refractivity (Wildman–Crippen MR) is 34.6 cm³/mol. The third-order valence-electron chi connectivity index (χ3n) is 0.962. The maximum atomic E-state index is 10.7. The third-order valence-corrected chi connectivity index (χ3v) is 0.962. The molecule has 1 rings (SSSR count). The van der Waals surface area contributed by atoms with Gasteiger partial charge in [0.15, 0.2) is 0 Å². The first-order valence-corrected chi connectivity index (χ1v) is 2.47. The fraction of sp³-hybridized carbons (Fsp3) is 0. The molecule has 0 aliphatic carbocycles. The Morgan fingerprint density at radius 1 is 1.60 bits per heavy atom. The number of rotatable bonds is 1. The maximum absolute atomic E-state index is 10.7. The summed E-state index contributed by atoms with van der Waals surface area (Å²) < 4.78 is 0.264. The Morgan fingerprint density at radius 3 is 2.80 bits per heavy atom. The van der Waals surface area contributed by atoms with Crippen molar-refractivity contribution < 1.29 is 4.73 Å². The molecule has 3 N–H and O–H groups in total. The van der Waals surface area contributed by atoms with E-state index in [1.165, 1.54) is 5.48 Å². The second kappa shape index (κ2) is 2.36. The summed E-state index contributed by atoms with van der Waals surface area (Å²) in [5, 5.41) is 20.6. The summed E-state index contributed by atoms with van der Waals surface area (Å²) in [6.45, 7) is 0. The third kappa shape index (κ3) is 0.914. The van der Waals surface area contributed by atoms with Crippen LogP contribution in [-0.2, 0) is 0 Å². The van der Waals surface area contributed by atoms with Crippen LogP contribution in [-0.4, -0.2) is 4.98 Å². The highest BCUT2D eigenvalue weighted by atomic mass is 16.5. The molecule has 0 fully saturated rings. The molecular weight excluding hydrogens is 136 g/mol. The van der Waals surface area contributed by atoms with E-state index in [2.05, 4.69) is 4.98 Å². The molecule has 0 aliphatic heterocycles. The van der Waals surface area contributed by atoms with Gasteiger partial charge in [0.2, 0.25) is 11.6 Å². The van der Waals surface area contributed by atoms with E-state index in [4.69, 9.17) is 5.73 Å². The number of hydrogen-bond acceptors (Lipinski definition) is 5. The molecule has 0 unspecified atom stereocenters. The first-order chi connectivity index (χ1) is 4.75. The van der Waals surface area contributed by atoms with Gasteiger partial charge in [0.25, 0.3) is 0 Å². The standard InChI is InChI=1S/C4H5N4O2/c5-3-1-6-2-4(7-9)8(3)10/h1-2,7H,5H2/q-1. The van der Waals surface area contributed by atoms with Crippen molar-refractivity contribution in [1.82, 2.24) is 4.98 Å². The van der Waals surface area contributed by atoms with Gasteiger partial charge in [-0.2, -0.15) is 0 Å². The Balaban J connectivity index is 3.14. The Labute approximate surface area is 56.5 Å². The first-order valence-electron chi connectivity index (χ1n) is 2.47. The fourth-order valence-corrected chi connectivity index (χ4v) is 0.496. The molecule has 0 spiro atoms. The number of nitrogens with zero attached hydrogens (tertiary/aromatic N) is 2. The summed E-state index contributed by atoms with van der Waals surface area (Å²) in [6, 6.07) is 0. The molecule has 0 amide bonds. The summed E-state index contributed by atoms with van der Waals surface area (Å²) in [5.74, 6) is -0.319. The van der Waals surface area contributed by atoms with Gasteiger partial charge in [0.05, 0.1) is 12.4 Å². The number of nitrogens with two attached hydrogens (primary N) is 1. The summed E-state index contributed by atoms with van der Waals surface area (Å²) >= 11 is 0. The molecule has 0 aliphatic rings. The molecule has 0 bridgehead atoms. The van der Waals surface area contributed by atoms with Crippen LogP contribution in [0.4, 0.5) is 11.6 Å². The van der Waals surface area contributed by atoms with Crippen molar-refractivity contribution in [2.45, 2.75) is 0 Å². The number of aromatic nitrogens is 2. The van der Waals surface area contributed by atoms with E-state index in [1.807, 2.05) is 0 Å². The minimum absolute atomic E-state index is 0.110. The molecule has 54 valence electrons. The van der Waals surface area contributed by atoms with Crippen LogP contribution in [0, 0.1) is 10.4 Å². The van der Waals surface area contributed by atoms with E-state index < -0.39 is 0 Å². The molecule has 1 heterocycles. The smallest absolute Gasteiger partial charge is 0.238 e. The van der Waals surface area contributed by atoms with Gasteiger partial charge in [-0.3, -0.25) is 4.98 Å². The summed E-state index contributed by atoms with van der Waals surface area (Å²) in [4.78, 5) is 3.51. The molecule has 6 heteroatoms. The number of hydrogen-bond donors (Lipinski definition) is 2. The number of nitrogens with one attached hydrogen (secondary N) is 1. The quantitative estimate of drug-likeness (QED) is 0.303. The van der Waals surface area contributed by atoms with E-state index >= 15 is 0 Å². The van der Waals surface area contributed by atoms with Crippen LogP contribution in [0.1, 0.15) is 0 Å². The van der Waals surface area contributed by atoms with Gasteiger partial charge in [-0.15, -0.1) is 0 Å². The summed E-state index contributed by atoms with van der Waals surface area (Å²) in [6.07, 6.45) is 2.25. The van der Waals surface area contributed by atoms with Crippen LogP contribution in [0.15, 0.2) is 12.4 Å². The highest BCUT2D eigenvalue weighted by Gasteiger charge is 1.97. The van der Waals surface area contributed by atoms with Crippen molar-refractivity contribution >= 4 is 11.6 Å². The van der Waals surface area contributed by atoms with Crippen molar-refractivity contribution in [2.24, 2.45) is 0 Å². The second-order valence-electron chi connectivity index (χ2n) is 1.61. The molecule has 6 nitrogen and oxygen atoms in total. The van der Waals surface area contributed by atoms with E-state index in [9.17, 15) is 10.4 Å². The van der Waals surface area contributed by atoms with Gasteiger partial charge in [-0.1, -0.05) is 0 Å². The minimum Gasteiger partial charge on any atom is -0.740 e. The zero-order valence-corrected chi connectivity index (χ0v) is 4.94. The van der Waals surface area contributed by atoms with Crippen molar-refractivity contribution in [2.75, 3.05) is 11.2 Å². The largest absolute Gasteiger partial charge is 0.740 e. The van der Waals surface area contributed by atoms with Gasteiger partial charge in [0.1, 0.15) is 0 Å². The zero-order valence-electron chi connectivity index (χ0n) is 4.94.